The quantitative estimate of drug-likeness (QED) is 0.767. The van der Waals surface area contributed by atoms with E-state index < -0.39 is 6.10 Å². The minimum Gasteiger partial charge on any atom is -0.390 e. The summed E-state index contributed by atoms with van der Waals surface area (Å²) in [4.78, 5) is 0. The molecule has 0 aromatic heterocycles. The first-order valence-electron chi connectivity index (χ1n) is 7.62. The Morgan fingerprint density at radius 1 is 1.30 bits per heavy atom. The highest BCUT2D eigenvalue weighted by molar-refractivity contribution is 14.1. The Hall–Kier alpha value is -0.130. The number of aliphatic hydroxyl groups is 1. The normalized spacial score (nSPS) is 28.3. The fraction of sp³-hybridized carbons (Fsp3) is 0.647. The summed E-state index contributed by atoms with van der Waals surface area (Å²) in [6, 6.07) is 8.41. The van der Waals surface area contributed by atoms with Gasteiger partial charge in [0.1, 0.15) is 0 Å². The predicted molar refractivity (Wildman–Crippen MR) is 90.9 cm³/mol. The van der Waals surface area contributed by atoms with E-state index in [-0.39, 0.29) is 5.60 Å². The second-order valence-corrected chi connectivity index (χ2v) is 7.27. The van der Waals surface area contributed by atoms with Crippen LogP contribution in [-0.2, 0) is 11.2 Å². The maximum atomic E-state index is 10.7. The van der Waals surface area contributed by atoms with E-state index in [0.29, 0.717) is 13.0 Å². The summed E-state index contributed by atoms with van der Waals surface area (Å²) in [6.07, 6.45) is 4.55. The van der Waals surface area contributed by atoms with Gasteiger partial charge in [-0.05, 0) is 78.8 Å². The summed E-state index contributed by atoms with van der Waals surface area (Å²) >= 11 is 2.30. The van der Waals surface area contributed by atoms with E-state index in [9.17, 15) is 5.11 Å². The van der Waals surface area contributed by atoms with Crippen LogP contribution in [0.5, 0.6) is 0 Å². The number of hydrogen-bond acceptors (Lipinski definition) is 2. The molecule has 0 saturated heterocycles. The third-order valence-corrected chi connectivity index (χ3v) is 5.22. The maximum absolute atomic E-state index is 10.7. The van der Waals surface area contributed by atoms with Crippen LogP contribution in [0.2, 0.25) is 0 Å². The fourth-order valence-electron chi connectivity index (χ4n) is 3.14. The van der Waals surface area contributed by atoms with Crippen LogP contribution < -0.4 is 0 Å². The number of hydrogen-bond donors (Lipinski definition) is 1. The standard InChI is InChI=1S/C17H25IO2/c1-3-20-17(10-8-13(2)9-11-17)16(19)12-14-4-6-15(18)7-5-14/h4-7,13,16,19H,3,8-12H2,1-2H3. The zero-order valence-corrected chi connectivity index (χ0v) is 14.6. The molecule has 1 fully saturated rings. The smallest absolute Gasteiger partial charge is 0.0943 e. The van der Waals surface area contributed by atoms with Crippen LogP contribution in [0.4, 0.5) is 0 Å². The monoisotopic (exact) mass is 388 g/mol. The van der Waals surface area contributed by atoms with Crippen molar-refractivity contribution in [2.75, 3.05) is 6.61 Å². The van der Waals surface area contributed by atoms with Crippen LogP contribution in [0.3, 0.4) is 0 Å². The Morgan fingerprint density at radius 3 is 2.45 bits per heavy atom. The average Bonchev–Trinajstić information content (AvgIpc) is 2.44. The Labute approximate surface area is 136 Å². The van der Waals surface area contributed by atoms with Crippen molar-refractivity contribution in [3.8, 4) is 0 Å². The molecule has 0 spiro atoms. The van der Waals surface area contributed by atoms with Crippen LogP contribution >= 0.6 is 22.6 Å². The second-order valence-electron chi connectivity index (χ2n) is 6.03. The molecule has 1 saturated carbocycles. The third-order valence-electron chi connectivity index (χ3n) is 4.50. The van der Waals surface area contributed by atoms with Gasteiger partial charge in [0.05, 0.1) is 11.7 Å². The van der Waals surface area contributed by atoms with Gasteiger partial charge in [0, 0.05) is 16.6 Å². The topological polar surface area (TPSA) is 29.5 Å². The van der Waals surface area contributed by atoms with Crippen molar-refractivity contribution in [1.82, 2.24) is 0 Å². The van der Waals surface area contributed by atoms with Gasteiger partial charge in [-0.25, -0.2) is 0 Å². The van der Waals surface area contributed by atoms with E-state index in [4.69, 9.17) is 4.74 Å². The molecule has 2 nitrogen and oxygen atoms in total. The zero-order chi connectivity index (χ0) is 14.6. The van der Waals surface area contributed by atoms with E-state index >= 15 is 0 Å². The van der Waals surface area contributed by atoms with Crippen LogP contribution in [0.1, 0.15) is 45.1 Å². The lowest BCUT2D eigenvalue weighted by Crippen LogP contribution is -2.48. The summed E-state index contributed by atoms with van der Waals surface area (Å²) in [7, 11) is 0. The van der Waals surface area contributed by atoms with E-state index in [2.05, 4.69) is 53.8 Å². The molecule has 1 aliphatic rings. The molecule has 0 heterocycles. The Kier molecular flexibility index (Phi) is 5.87. The summed E-state index contributed by atoms with van der Waals surface area (Å²) in [5.74, 6) is 0.758. The van der Waals surface area contributed by atoms with E-state index in [0.717, 1.165) is 31.6 Å². The average molecular weight is 388 g/mol. The van der Waals surface area contributed by atoms with E-state index in [1.807, 2.05) is 6.92 Å². The van der Waals surface area contributed by atoms with E-state index in [1.165, 1.54) is 9.13 Å². The number of benzene rings is 1. The van der Waals surface area contributed by atoms with Gasteiger partial charge in [-0.1, -0.05) is 19.1 Å². The molecule has 1 aromatic carbocycles. The van der Waals surface area contributed by atoms with Crippen molar-refractivity contribution in [2.45, 2.75) is 57.7 Å². The minimum absolute atomic E-state index is 0.329. The predicted octanol–water partition coefficient (Wildman–Crippen LogP) is 4.18. The molecule has 1 N–H and O–H groups in total. The molecular formula is C17H25IO2. The lowest BCUT2D eigenvalue weighted by atomic mass is 9.75. The summed E-state index contributed by atoms with van der Waals surface area (Å²) in [5, 5.41) is 10.7. The summed E-state index contributed by atoms with van der Waals surface area (Å²) < 4.78 is 7.25. The minimum atomic E-state index is -0.407. The molecule has 112 valence electrons. The van der Waals surface area contributed by atoms with Gasteiger partial charge in [-0.3, -0.25) is 0 Å². The van der Waals surface area contributed by atoms with Gasteiger partial charge in [0.25, 0.3) is 0 Å². The molecule has 3 heteroatoms. The van der Waals surface area contributed by atoms with Crippen molar-refractivity contribution < 1.29 is 9.84 Å². The number of aliphatic hydroxyl groups excluding tert-OH is 1. The highest BCUT2D eigenvalue weighted by Gasteiger charge is 2.41. The maximum Gasteiger partial charge on any atom is 0.0943 e. The first-order valence-corrected chi connectivity index (χ1v) is 8.70. The number of halogens is 1. The van der Waals surface area contributed by atoms with Gasteiger partial charge in [0.15, 0.2) is 0 Å². The molecule has 0 amide bonds. The molecule has 1 aromatic rings. The highest BCUT2D eigenvalue weighted by atomic mass is 127. The molecule has 1 aliphatic carbocycles. The van der Waals surface area contributed by atoms with Crippen LogP contribution in [0.15, 0.2) is 24.3 Å². The van der Waals surface area contributed by atoms with Gasteiger partial charge in [-0.2, -0.15) is 0 Å². The van der Waals surface area contributed by atoms with Gasteiger partial charge in [0.2, 0.25) is 0 Å². The Balaban J connectivity index is 2.06. The number of rotatable bonds is 5. The Bertz CT molecular complexity index is 408. The molecule has 0 radical (unpaired) electrons. The van der Waals surface area contributed by atoms with Crippen LogP contribution in [-0.4, -0.2) is 23.4 Å². The summed E-state index contributed by atoms with van der Waals surface area (Å²) in [5.41, 5.74) is 0.861. The van der Waals surface area contributed by atoms with Crippen molar-refractivity contribution in [2.24, 2.45) is 5.92 Å². The van der Waals surface area contributed by atoms with E-state index in [1.54, 1.807) is 0 Å². The molecule has 1 atom stereocenters. The largest absolute Gasteiger partial charge is 0.390 e. The van der Waals surface area contributed by atoms with Crippen molar-refractivity contribution in [1.29, 1.82) is 0 Å². The number of ether oxygens (including phenoxy) is 1. The lowest BCUT2D eigenvalue weighted by molar-refractivity contribution is -0.143. The Morgan fingerprint density at radius 2 is 1.90 bits per heavy atom. The molecule has 2 rings (SSSR count). The van der Waals surface area contributed by atoms with Gasteiger partial charge in [-0.15, -0.1) is 0 Å². The fourth-order valence-corrected chi connectivity index (χ4v) is 3.50. The van der Waals surface area contributed by atoms with Crippen molar-refractivity contribution in [3.63, 3.8) is 0 Å². The first-order chi connectivity index (χ1) is 9.55. The lowest BCUT2D eigenvalue weighted by Gasteiger charge is -2.42. The van der Waals surface area contributed by atoms with Gasteiger partial charge >= 0.3 is 0 Å². The second kappa shape index (κ2) is 7.23. The van der Waals surface area contributed by atoms with Crippen molar-refractivity contribution >= 4 is 22.6 Å². The van der Waals surface area contributed by atoms with Crippen molar-refractivity contribution in [3.05, 3.63) is 33.4 Å². The third kappa shape index (κ3) is 3.95. The van der Waals surface area contributed by atoms with Gasteiger partial charge < -0.3 is 9.84 Å². The SMILES string of the molecule is CCOC1(C(O)Cc2ccc(I)cc2)CCC(C)CC1. The highest BCUT2D eigenvalue weighted by Crippen LogP contribution is 2.38. The summed E-state index contributed by atoms with van der Waals surface area (Å²) in [6.45, 7) is 5.00. The molecule has 1 unspecified atom stereocenters. The zero-order valence-electron chi connectivity index (χ0n) is 12.4. The van der Waals surface area contributed by atoms with Crippen LogP contribution in [0.25, 0.3) is 0 Å². The first kappa shape index (κ1) is 16.2. The molecule has 0 aliphatic heterocycles. The molecular weight excluding hydrogens is 363 g/mol. The molecule has 0 bridgehead atoms. The van der Waals surface area contributed by atoms with Crippen LogP contribution in [0, 0.1) is 9.49 Å². The molecule has 20 heavy (non-hydrogen) atoms.